The van der Waals surface area contributed by atoms with E-state index >= 15 is 0 Å². The average molecular weight is 392 g/mol. The summed E-state index contributed by atoms with van der Waals surface area (Å²) in [6.07, 6.45) is 8.44. The zero-order valence-electron chi connectivity index (χ0n) is 17.4. The third-order valence-electron chi connectivity index (χ3n) is 6.97. The number of hydrogen-bond acceptors (Lipinski definition) is 2. The van der Waals surface area contributed by atoms with Crippen LogP contribution in [0.25, 0.3) is 21.8 Å². The molecule has 0 N–H and O–H groups in total. The summed E-state index contributed by atoms with van der Waals surface area (Å²) in [5, 5.41) is 1.82. The van der Waals surface area contributed by atoms with Gasteiger partial charge in [0.2, 0.25) is 0 Å². The van der Waals surface area contributed by atoms with Gasteiger partial charge < -0.3 is 14.0 Å². The second-order valence-electron chi connectivity index (χ2n) is 8.99. The molecule has 2 fully saturated rings. The van der Waals surface area contributed by atoms with Gasteiger partial charge >= 0.3 is 0 Å². The highest BCUT2D eigenvalue weighted by Gasteiger charge is 2.29. The first-order chi connectivity index (χ1) is 14.1. The molecule has 1 aliphatic heterocycles. The van der Waals surface area contributed by atoms with E-state index in [-0.39, 0.29) is 17.5 Å². The maximum Gasteiger partial charge on any atom is 0.275 e. The van der Waals surface area contributed by atoms with Gasteiger partial charge in [-0.2, -0.15) is 0 Å². The molecule has 152 valence electrons. The lowest BCUT2D eigenvalue weighted by Crippen LogP contribution is -2.40. The first-order valence-corrected chi connectivity index (χ1v) is 11.0. The molecule has 5 heteroatoms. The predicted molar refractivity (Wildman–Crippen MR) is 116 cm³/mol. The fourth-order valence-electron chi connectivity index (χ4n) is 5.46. The van der Waals surface area contributed by atoms with Crippen LogP contribution in [0, 0.1) is 5.92 Å². The molecule has 5 nitrogen and oxygen atoms in total. The van der Waals surface area contributed by atoms with Crippen molar-refractivity contribution in [2.75, 3.05) is 13.1 Å². The number of pyridine rings is 1. The molecule has 3 heterocycles. The third-order valence-corrected chi connectivity index (χ3v) is 6.97. The van der Waals surface area contributed by atoms with Gasteiger partial charge in [-0.05, 0) is 37.7 Å². The van der Waals surface area contributed by atoms with Gasteiger partial charge in [0.15, 0.2) is 0 Å². The van der Waals surface area contributed by atoms with Gasteiger partial charge in [-0.15, -0.1) is 0 Å². The van der Waals surface area contributed by atoms with E-state index in [1.165, 1.54) is 6.42 Å². The Labute approximate surface area is 170 Å². The number of para-hydroxylation sites is 1. The molecule has 5 rings (SSSR count). The van der Waals surface area contributed by atoms with Gasteiger partial charge in [-0.1, -0.05) is 38.0 Å². The van der Waals surface area contributed by atoms with E-state index in [2.05, 4.69) is 6.92 Å². The van der Waals surface area contributed by atoms with E-state index in [0.717, 1.165) is 61.5 Å². The summed E-state index contributed by atoms with van der Waals surface area (Å²) in [6.45, 7) is 3.82. The molecule has 0 unspecified atom stereocenters. The molecule has 1 aliphatic carbocycles. The van der Waals surface area contributed by atoms with Gasteiger partial charge in [-0.3, -0.25) is 9.59 Å². The Bertz CT molecular complexity index is 1150. The smallest absolute Gasteiger partial charge is 0.275 e. The lowest BCUT2D eigenvalue weighted by Gasteiger charge is -2.31. The number of piperidine rings is 1. The molecule has 0 spiro atoms. The second-order valence-corrected chi connectivity index (χ2v) is 8.99. The number of rotatable bonds is 2. The van der Waals surface area contributed by atoms with Crippen LogP contribution in [0.15, 0.2) is 35.3 Å². The van der Waals surface area contributed by atoms with Crippen molar-refractivity contribution in [2.24, 2.45) is 13.0 Å². The lowest BCUT2D eigenvalue weighted by atomic mass is 9.99. The zero-order chi connectivity index (χ0) is 20.1. The number of hydrogen-bond donors (Lipinski definition) is 0. The van der Waals surface area contributed by atoms with Crippen LogP contribution < -0.4 is 5.56 Å². The Kier molecular flexibility index (Phi) is 4.49. The number of likely N-dealkylation sites (tertiary alicyclic amines) is 1. The maximum absolute atomic E-state index is 13.7. The minimum absolute atomic E-state index is 0.0363. The van der Waals surface area contributed by atoms with Crippen molar-refractivity contribution in [2.45, 2.75) is 51.5 Å². The monoisotopic (exact) mass is 391 g/mol. The first kappa shape index (κ1) is 18.5. The van der Waals surface area contributed by atoms with Crippen molar-refractivity contribution in [1.82, 2.24) is 14.0 Å². The van der Waals surface area contributed by atoms with Crippen LogP contribution in [0.4, 0.5) is 0 Å². The average Bonchev–Trinajstić information content (AvgIpc) is 3.36. The lowest BCUT2D eigenvalue weighted by molar-refractivity contribution is 0.0684. The summed E-state index contributed by atoms with van der Waals surface area (Å²) in [6, 6.07) is 8.25. The van der Waals surface area contributed by atoms with Crippen LogP contribution in [-0.2, 0) is 7.05 Å². The largest absolute Gasteiger partial charge is 0.339 e. The van der Waals surface area contributed by atoms with Gasteiger partial charge in [-0.25, -0.2) is 0 Å². The number of aryl methyl sites for hydroxylation is 1. The molecule has 0 bridgehead atoms. The second kappa shape index (κ2) is 7.05. The maximum atomic E-state index is 13.7. The van der Waals surface area contributed by atoms with Gasteiger partial charge in [0, 0.05) is 48.7 Å². The summed E-state index contributed by atoms with van der Waals surface area (Å²) < 4.78 is 3.85. The van der Waals surface area contributed by atoms with Gasteiger partial charge in [0.25, 0.3) is 11.5 Å². The highest BCUT2D eigenvalue weighted by molar-refractivity contribution is 6.17. The van der Waals surface area contributed by atoms with Crippen LogP contribution in [0.2, 0.25) is 0 Å². The molecule has 3 aromatic rings. The minimum Gasteiger partial charge on any atom is -0.339 e. The highest BCUT2D eigenvalue weighted by Crippen LogP contribution is 2.34. The number of benzene rings is 1. The van der Waals surface area contributed by atoms with E-state index in [0.29, 0.717) is 17.0 Å². The Morgan fingerprint density at radius 1 is 1.07 bits per heavy atom. The Morgan fingerprint density at radius 2 is 1.83 bits per heavy atom. The standard InChI is InChI=1S/C24H29N3O2/c1-16-8-7-13-26(14-16)23(28)19-15-27(17-9-3-4-10-17)24(29)22-21(19)18-11-5-6-12-20(18)25(22)2/h5-6,11-12,15-17H,3-4,7-10,13-14H2,1-2H3/t16-/m1/s1. The number of fused-ring (bicyclic) bond motifs is 3. The fourth-order valence-corrected chi connectivity index (χ4v) is 5.46. The van der Waals surface area contributed by atoms with Crippen LogP contribution >= 0.6 is 0 Å². The molecule has 2 aliphatic rings. The molecule has 0 radical (unpaired) electrons. The number of carbonyl (C=O) groups excluding carboxylic acids is 1. The molecule has 29 heavy (non-hydrogen) atoms. The molecule has 1 amide bonds. The molecular weight excluding hydrogens is 362 g/mol. The SMILES string of the molecule is C[C@@H]1CCCN(C(=O)c2cn(C3CCCC3)c(=O)c3c2c2ccccc2n3C)C1. The molecule has 1 saturated carbocycles. The van der Waals surface area contributed by atoms with Crippen molar-refractivity contribution in [3.63, 3.8) is 0 Å². The van der Waals surface area contributed by atoms with E-state index in [1.54, 1.807) is 0 Å². The molecule has 1 atom stereocenters. The van der Waals surface area contributed by atoms with E-state index < -0.39 is 0 Å². The highest BCUT2D eigenvalue weighted by atomic mass is 16.2. The van der Waals surface area contributed by atoms with Crippen molar-refractivity contribution in [3.8, 4) is 0 Å². The number of aromatic nitrogens is 2. The topological polar surface area (TPSA) is 47.2 Å². The quantitative estimate of drug-likeness (QED) is 0.647. The Morgan fingerprint density at radius 3 is 2.59 bits per heavy atom. The summed E-state index contributed by atoms with van der Waals surface area (Å²) in [7, 11) is 1.95. The predicted octanol–water partition coefficient (Wildman–Crippen LogP) is 4.48. The number of amides is 1. The van der Waals surface area contributed by atoms with E-state index in [4.69, 9.17) is 0 Å². The molecule has 1 saturated heterocycles. The minimum atomic E-state index is 0.0363. The van der Waals surface area contributed by atoms with Gasteiger partial charge in [0.1, 0.15) is 5.52 Å². The molecule has 2 aromatic heterocycles. The molecular formula is C24H29N3O2. The van der Waals surface area contributed by atoms with E-state index in [9.17, 15) is 9.59 Å². The zero-order valence-corrected chi connectivity index (χ0v) is 17.4. The van der Waals surface area contributed by atoms with Crippen molar-refractivity contribution < 1.29 is 4.79 Å². The Hall–Kier alpha value is -2.56. The fraction of sp³-hybridized carbons (Fsp3) is 0.500. The summed E-state index contributed by atoms with van der Waals surface area (Å²) in [5.74, 6) is 0.598. The van der Waals surface area contributed by atoms with E-state index in [1.807, 2.05) is 51.5 Å². The molecule has 1 aromatic carbocycles. The summed E-state index contributed by atoms with van der Waals surface area (Å²) in [5.41, 5.74) is 2.39. The number of nitrogens with zero attached hydrogens (tertiary/aromatic N) is 3. The first-order valence-electron chi connectivity index (χ1n) is 11.0. The van der Waals surface area contributed by atoms with Crippen LogP contribution in [-0.4, -0.2) is 33.0 Å². The van der Waals surface area contributed by atoms with Crippen LogP contribution in [0.1, 0.15) is 61.8 Å². The third kappa shape index (κ3) is 2.90. The summed E-state index contributed by atoms with van der Waals surface area (Å²) >= 11 is 0. The van der Waals surface area contributed by atoms with Crippen LogP contribution in [0.5, 0.6) is 0 Å². The van der Waals surface area contributed by atoms with Gasteiger partial charge in [0.05, 0.1) is 5.56 Å². The van der Waals surface area contributed by atoms with Crippen LogP contribution in [0.3, 0.4) is 0 Å². The van der Waals surface area contributed by atoms with Crippen molar-refractivity contribution in [3.05, 3.63) is 46.4 Å². The normalized spacial score (nSPS) is 20.8. The van der Waals surface area contributed by atoms with Crippen molar-refractivity contribution >= 4 is 27.7 Å². The summed E-state index contributed by atoms with van der Waals surface area (Å²) in [4.78, 5) is 29.2. The Balaban J connectivity index is 1.78. The van der Waals surface area contributed by atoms with Crippen molar-refractivity contribution in [1.29, 1.82) is 0 Å². The number of carbonyl (C=O) groups is 1.